The van der Waals surface area contributed by atoms with Crippen molar-refractivity contribution in [1.82, 2.24) is 0 Å². The molecule has 5 nitrogen and oxygen atoms in total. The summed E-state index contributed by atoms with van der Waals surface area (Å²) in [5.74, 6) is 0.399. The molecule has 0 amide bonds. The van der Waals surface area contributed by atoms with Crippen LogP contribution in [0.4, 0.5) is 0 Å². The first-order chi connectivity index (χ1) is 15.4. The Balaban J connectivity index is 1.81. The molecule has 2 aromatic carbocycles. The molecule has 0 aliphatic rings. The van der Waals surface area contributed by atoms with E-state index in [9.17, 15) is 18.1 Å². The lowest BCUT2D eigenvalue weighted by atomic mass is 10.0. The van der Waals surface area contributed by atoms with Crippen LogP contribution < -0.4 is 4.74 Å². The van der Waals surface area contributed by atoms with Gasteiger partial charge in [0.2, 0.25) is 0 Å². The van der Waals surface area contributed by atoms with Gasteiger partial charge in [-0.25, -0.2) is 0 Å². The van der Waals surface area contributed by atoms with Crippen molar-refractivity contribution in [2.75, 3.05) is 0 Å². The van der Waals surface area contributed by atoms with E-state index >= 15 is 0 Å². The van der Waals surface area contributed by atoms with Crippen LogP contribution in [0, 0.1) is 0 Å². The first-order valence-corrected chi connectivity index (χ1v) is 13.4. The molecule has 0 unspecified atom stereocenters. The smallest absolute Gasteiger partial charge is 0.294 e. The quantitative estimate of drug-likeness (QED) is 0.197. The van der Waals surface area contributed by atoms with Gasteiger partial charge in [0.25, 0.3) is 10.1 Å². The van der Waals surface area contributed by atoms with Crippen LogP contribution in [-0.2, 0) is 16.5 Å². The van der Waals surface area contributed by atoms with Crippen molar-refractivity contribution in [3.05, 3.63) is 48.0 Å². The van der Waals surface area contributed by atoms with Crippen molar-refractivity contribution < 1.29 is 22.8 Å². The number of unbranched alkanes of at least 4 members (excludes halogenated alkanes) is 11. The highest BCUT2D eigenvalue weighted by molar-refractivity contribution is 7.85. The van der Waals surface area contributed by atoms with E-state index in [1.54, 1.807) is 12.1 Å². The minimum atomic E-state index is -4.43. The Morgan fingerprint density at radius 2 is 1.31 bits per heavy atom. The first-order valence-electron chi connectivity index (χ1n) is 12.0. The molecule has 0 heterocycles. The number of benzene rings is 2. The molecule has 0 aromatic heterocycles. The maximum absolute atomic E-state index is 11.8. The van der Waals surface area contributed by atoms with Gasteiger partial charge in [-0.05, 0) is 36.6 Å². The normalized spacial score (nSPS) is 11.6. The number of aromatic hydroxyl groups is 1. The fraction of sp³-hybridized carbons (Fsp3) is 0.538. The van der Waals surface area contributed by atoms with Crippen LogP contribution in [0.15, 0.2) is 47.4 Å². The Bertz CT molecular complexity index is 894. The van der Waals surface area contributed by atoms with E-state index in [0.29, 0.717) is 17.7 Å². The number of hydrogen-bond acceptors (Lipinski definition) is 4. The third-order valence-electron chi connectivity index (χ3n) is 5.69. The van der Waals surface area contributed by atoms with Crippen LogP contribution in [0.5, 0.6) is 17.2 Å². The lowest BCUT2D eigenvalue weighted by Crippen LogP contribution is -2.04. The molecule has 0 radical (unpaired) electrons. The van der Waals surface area contributed by atoms with Gasteiger partial charge in [0.05, 0.1) is 0 Å². The van der Waals surface area contributed by atoms with E-state index in [1.807, 2.05) is 18.2 Å². The molecule has 2 N–H and O–H groups in total. The van der Waals surface area contributed by atoms with Crippen LogP contribution in [0.25, 0.3) is 0 Å². The molecular formula is C26H38O5S. The number of ether oxygens (including phenoxy) is 1. The zero-order chi connectivity index (χ0) is 23.2. The lowest BCUT2D eigenvalue weighted by molar-refractivity contribution is 0.407. The van der Waals surface area contributed by atoms with E-state index in [4.69, 9.17) is 4.74 Å². The second-order valence-electron chi connectivity index (χ2n) is 8.46. The van der Waals surface area contributed by atoms with Gasteiger partial charge in [0, 0.05) is 6.07 Å². The Morgan fingerprint density at radius 1 is 0.781 bits per heavy atom. The molecule has 0 aliphatic heterocycles. The maximum atomic E-state index is 11.8. The van der Waals surface area contributed by atoms with Crippen LogP contribution in [0.1, 0.15) is 89.5 Å². The standard InChI is InChI=1S/C26H38O5S/c1-2-3-4-5-6-7-8-9-10-11-12-14-17-22-20-25(31-23-18-15-13-16-19-23)24(27)21-26(22)32(28,29)30/h13,15-16,18-21,27H,2-12,14,17H2,1H3,(H,28,29,30). The summed E-state index contributed by atoms with van der Waals surface area (Å²) in [6.07, 6.45) is 15.2. The summed E-state index contributed by atoms with van der Waals surface area (Å²) in [5.41, 5.74) is 0.461. The average molecular weight is 463 g/mol. The predicted molar refractivity (Wildman–Crippen MR) is 129 cm³/mol. The lowest BCUT2D eigenvalue weighted by Gasteiger charge is -2.13. The molecule has 0 fully saturated rings. The molecule has 0 saturated heterocycles. The minimum absolute atomic E-state index is 0.178. The fourth-order valence-electron chi connectivity index (χ4n) is 3.88. The second-order valence-corrected chi connectivity index (χ2v) is 9.85. The van der Waals surface area contributed by atoms with Crippen molar-refractivity contribution in [2.24, 2.45) is 0 Å². The Kier molecular flexibility index (Phi) is 11.6. The summed E-state index contributed by atoms with van der Waals surface area (Å²) < 4.78 is 38.9. The number of para-hydroxylation sites is 1. The molecule has 178 valence electrons. The summed E-state index contributed by atoms with van der Waals surface area (Å²) in [6.45, 7) is 2.24. The topological polar surface area (TPSA) is 83.8 Å². The fourth-order valence-corrected chi connectivity index (χ4v) is 4.63. The van der Waals surface area contributed by atoms with Crippen LogP contribution in [-0.4, -0.2) is 18.1 Å². The van der Waals surface area contributed by atoms with Crippen LogP contribution in [0.2, 0.25) is 0 Å². The second kappa shape index (κ2) is 14.2. The number of phenols is 1. The van der Waals surface area contributed by atoms with E-state index < -0.39 is 10.1 Å². The molecule has 2 rings (SSSR count). The highest BCUT2D eigenvalue weighted by Crippen LogP contribution is 2.35. The highest BCUT2D eigenvalue weighted by Gasteiger charge is 2.19. The average Bonchev–Trinajstić information content (AvgIpc) is 2.76. The van der Waals surface area contributed by atoms with Gasteiger partial charge in [-0.2, -0.15) is 8.42 Å². The number of rotatable bonds is 16. The summed E-state index contributed by atoms with van der Waals surface area (Å²) in [7, 11) is -4.43. The van der Waals surface area contributed by atoms with Gasteiger partial charge in [0.1, 0.15) is 10.6 Å². The van der Waals surface area contributed by atoms with Crippen LogP contribution >= 0.6 is 0 Å². The molecule has 0 atom stereocenters. The Labute approximate surface area is 193 Å². The van der Waals surface area contributed by atoms with E-state index in [0.717, 1.165) is 25.3 Å². The monoisotopic (exact) mass is 462 g/mol. The summed E-state index contributed by atoms with van der Waals surface area (Å²) >= 11 is 0. The molecule has 0 bridgehead atoms. The SMILES string of the molecule is CCCCCCCCCCCCCCc1cc(Oc2ccccc2)c(O)cc1S(=O)(=O)O. The highest BCUT2D eigenvalue weighted by atomic mass is 32.2. The van der Waals surface area contributed by atoms with Crippen molar-refractivity contribution in [3.8, 4) is 17.2 Å². The van der Waals surface area contributed by atoms with Gasteiger partial charge in [-0.1, -0.05) is 95.8 Å². The van der Waals surface area contributed by atoms with E-state index in [2.05, 4.69) is 6.92 Å². The summed E-state index contributed by atoms with van der Waals surface area (Å²) in [6, 6.07) is 11.6. The van der Waals surface area contributed by atoms with Gasteiger partial charge in [0.15, 0.2) is 11.5 Å². The van der Waals surface area contributed by atoms with Crippen molar-refractivity contribution in [1.29, 1.82) is 0 Å². The number of hydrogen-bond donors (Lipinski definition) is 2. The van der Waals surface area contributed by atoms with Crippen molar-refractivity contribution in [2.45, 2.75) is 95.3 Å². The third kappa shape index (κ3) is 9.61. The van der Waals surface area contributed by atoms with Crippen molar-refractivity contribution in [3.63, 3.8) is 0 Å². The van der Waals surface area contributed by atoms with E-state index in [1.165, 1.54) is 63.9 Å². The molecule has 6 heteroatoms. The molecule has 0 spiro atoms. The third-order valence-corrected chi connectivity index (χ3v) is 6.63. The molecule has 0 saturated carbocycles. The Hall–Kier alpha value is -2.05. The van der Waals surface area contributed by atoms with E-state index in [-0.39, 0.29) is 16.4 Å². The van der Waals surface area contributed by atoms with Gasteiger partial charge in [-0.15, -0.1) is 0 Å². The summed E-state index contributed by atoms with van der Waals surface area (Å²) in [4.78, 5) is -0.251. The van der Waals surface area contributed by atoms with Crippen LogP contribution in [0.3, 0.4) is 0 Å². The predicted octanol–water partition coefficient (Wildman–Crippen LogP) is 7.67. The van der Waals surface area contributed by atoms with Gasteiger partial charge in [-0.3, -0.25) is 4.55 Å². The largest absolute Gasteiger partial charge is 0.504 e. The minimum Gasteiger partial charge on any atom is -0.504 e. The Morgan fingerprint density at radius 3 is 1.84 bits per heavy atom. The number of phenolic OH excluding ortho intramolecular Hbond substituents is 1. The first kappa shape index (κ1) is 26.2. The molecule has 32 heavy (non-hydrogen) atoms. The molecule has 0 aliphatic carbocycles. The summed E-state index contributed by atoms with van der Waals surface area (Å²) in [5, 5.41) is 10.2. The van der Waals surface area contributed by atoms with Gasteiger partial charge < -0.3 is 9.84 Å². The van der Waals surface area contributed by atoms with Gasteiger partial charge >= 0.3 is 0 Å². The molecular weight excluding hydrogens is 424 g/mol. The zero-order valence-electron chi connectivity index (χ0n) is 19.3. The maximum Gasteiger partial charge on any atom is 0.294 e. The molecule has 2 aromatic rings. The zero-order valence-corrected chi connectivity index (χ0v) is 20.1. The number of aryl methyl sites for hydroxylation is 1. The van der Waals surface area contributed by atoms with Crippen molar-refractivity contribution >= 4 is 10.1 Å².